The van der Waals surface area contributed by atoms with Gasteiger partial charge in [-0.2, -0.15) is 4.98 Å². The van der Waals surface area contributed by atoms with Crippen molar-refractivity contribution in [1.82, 2.24) is 25.2 Å². The first-order valence-corrected chi connectivity index (χ1v) is 14.3. The molecule has 2 aliphatic rings. The van der Waals surface area contributed by atoms with E-state index in [1.165, 1.54) is 0 Å². The van der Waals surface area contributed by atoms with Crippen molar-refractivity contribution in [3.63, 3.8) is 0 Å². The Kier molecular flexibility index (Phi) is 10.6. The molecule has 4 rings (SSSR count). The number of hydrogen-bond donors (Lipinski definition) is 3. The van der Waals surface area contributed by atoms with Gasteiger partial charge in [0.1, 0.15) is 5.82 Å². The number of methoxy groups -OCH3 is 2. The van der Waals surface area contributed by atoms with Crippen LogP contribution in [0.1, 0.15) is 51.4 Å². The molecule has 2 amide bonds. The number of hydrogen-bond acceptors (Lipinski definition) is 10. The van der Waals surface area contributed by atoms with Crippen molar-refractivity contribution < 1.29 is 24.3 Å². The number of likely N-dealkylation sites (N-methyl/N-ethyl adjacent to an activating group) is 1. The highest BCUT2D eigenvalue weighted by Gasteiger charge is 2.25. The Bertz CT molecular complexity index is 1160. The van der Waals surface area contributed by atoms with Gasteiger partial charge in [0.05, 0.1) is 19.7 Å². The van der Waals surface area contributed by atoms with E-state index in [-0.39, 0.29) is 24.3 Å². The average Bonchev–Trinajstić information content (AvgIpc) is 3.20. The standard InChI is InChI=1S/C28H43N7O5/c1-33-12-7-13-35(17-16-33)28-30-22-19-24(40-3)23(39-2)18-21(22)27(31-28)29-20-10-14-34(15-11-20)26(37)9-6-4-5-8-25(36)32-38/h18-20,38H,4-17H2,1-3H3,(H,32,36)(H,29,30,31). The molecule has 0 radical (unpaired) electrons. The quantitative estimate of drug-likeness (QED) is 0.215. The number of carbonyl (C=O) groups is 2. The number of unbranched alkanes of at least 4 members (excludes halogenated alkanes) is 2. The Morgan fingerprint density at radius 2 is 1.68 bits per heavy atom. The zero-order valence-electron chi connectivity index (χ0n) is 23.9. The third-order valence-corrected chi connectivity index (χ3v) is 7.80. The maximum atomic E-state index is 12.7. The maximum Gasteiger partial charge on any atom is 0.243 e. The summed E-state index contributed by atoms with van der Waals surface area (Å²) in [4.78, 5) is 40.3. The molecule has 0 atom stereocenters. The van der Waals surface area contributed by atoms with Crippen LogP contribution in [0.25, 0.3) is 10.9 Å². The number of anilines is 2. The van der Waals surface area contributed by atoms with Crippen LogP contribution in [0.5, 0.6) is 11.5 Å². The lowest BCUT2D eigenvalue weighted by atomic mass is 10.0. The summed E-state index contributed by atoms with van der Waals surface area (Å²) in [6.45, 7) is 5.16. The molecule has 40 heavy (non-hydrogen) atoms. The molecule has 3 N–H and O–H groups in total. The number of fused-ring (bicyclic) bond motifs is 1. The van der Waals surface area contributed by atoms with Crippen LogP contribution in [-0.4, -0.2) is 103 Å². The molecule has 0 unspecified atom stereocenters. The van der Waals surface area contributed by atoms with Gasteiger partial charge in [0.2, 0.25) is 17.8 Å². The van der Waals surface area contributed by atoms with Gasteiger partial charge in [-0.25, -0.2) is 10.5 Å². The number of piperidine rings is 1. The highest BCUT2D eigenvalue weighted by Crippen LogP contribution is 2.35. The molecule has 0 bridgehead atoms. The summed E-state index contributed by atoms with van der Waals surface area (Å²) >= 11 is 0. The van der Waals surface area contributed by atoms with Gasteiger partial charge in [-0.1, -0.05) is 6.42 Å². The Labute approximate surface area is 236 Å². The zero-order valence-corrected chi connectivity index (χ0v) is 23.9. The van der Waals surface area contributed by atoms with E-state index in [1.807, 2.05) is 17.0 Å². The number of likely N-dealkylation sites (tertiary alicyclic amines) is 1. The summed E-state index contributed by atoms with van der Waals surface area (Å²) in [6.07, 6.45) is 5.63. The molecule has 1 aromatic carbocycles. The SMILES string of the molecule is COc1cc2nc(N3CCCN(C)CC3)nc(NC3CCN(C(=O)CCCCCC(=O)NO)CC3)c2cc1OC. The van der Waals surface area contributed by atoms with E-state index in [2.05, 4.69) is 22.2 Å². The van der Waals surface area contributed by atoms with Gasteiger partial charge in [-0.15, -0.1) is 0 Å². The molecule has 2 aromatic rings. The van der Waals surface area contributed by atoms with Crippen molar-refractivity contribution in [3.05, 3.63) is 12.1 Å². The van der Waals surface area contributed by atoms with Crippen LogP contribution in [-0.2, 0) is 9.59 Å². The van der Waals surface area contributed by atoms with E-state index in [1.54, 1.807) is 19.7 Å². The van der Waals surface area contributed by atoms with Crippen molar-refractivity contribution >= 4 is 34.5 Å². The Morgan fingerprint density at radius 1 is 0.950 bits per heavy atom. The fourth-order valence-electron chi connectivity index (χ4n) is 5.36. The second-order valence-corrected chi connectivity index (χ2v) is 10.6. The molecular weight excluding hydrogens is 514 g/mol. The van der Waals surface area contributed by atoms with Gasteiger partial charge in [0.15, 0.2) is 11.5 Å². The van der Waals surface area contributed by atoms with E-state index in [9.17, 15) is 9.59 Å². The van der Waals surface area contributed by atoms with Crippen molar-refractivity contribution in [2.45, 2.75) is 57.4 Å². The van der Waals surface area contributed by atoms with Crippen molar-refractivity contribution in [2.24, 2.45) is 0 Å². The summed E-state index contributed by atoms with van der Waals surface area (Å²) in [5, 5.41) is 13.1. The number of nitrogens with one attached hydrogen (secondary N) is 2. The number of rotatable bonds is 11. The van der Waals surface area contributed by atoms with E-state index in [0.717, 1.165) is 75.0 Å². The molecule has 3 heterocycles. The van der Waals surface area contributed by atoms with E-state index >= 15 is 0 Å². The summed E-state index contributed by atoms with van der Waals surface area (Å²) in [6, 6.07) is 4.01. The van der Waals surface area contributed by atoms with Gasteiger partial charge in [0.25, 0.3) is 0 Å². The third-order valence-electron chi connectivity index (χ3n) is 7.80. The fraction of sp³-hybridized carbons (Fsp3) is 0.643. The van der Waals surface area contributed by atoms with Crippen molar-refractivity contribution in [2.75, 3.05) is 70.8 Å². The first-order valence-electron chi connectivity index (χ1n) is 14.3. The summed E-state index contributed by atoms with van der Waals surface area (Å²) in [7, 11) is 5.39. The molecule has 12 heteroatoms. The summed E-state index contributed by atoms with van der Waals surface area (Å²) < 4.78 is 11.1. The molecule has 2 fully saturated rings. The molecule has 12 nitrogen and oxygen atoms in total. The first-order chi connectivity index (χ1) is 19.4. The minimum absolute atomic E-state index is 0.155. The number of hydroxylamine groups is 1. The predicted molar refractivity (Wildman–Crippen MR) is 153 cm³/mol. The highest BCUT2D eigenvalue weighted by molar-refractivity contribution is 5.93. The largest absolute Gasteiger partial charge is 0.493 e. The molecule has 2 aliphatic heterocycles. The van der Waals surface area contributed by atoms with Crippen LogP contribution in [0.4, 0.5) is 11.8 Å². The van der Waals surface area contributed by atoms with Crippen molar-refractivity contribution in [1.29, 1.82) is 0 Å². The van der Waals surface area contributed by atoms with Gasteiger partial charge in [-0.05, 0) is 51.8 Å². The second kappa shape index (κ2) is 14.3. The average molecular weight is 558 g/mol. The monoisotopic (exact) mass is 557 g/mol. The van der Waals surface area contributed by atoms with Crippen molar-refractivity contribution in [3.8, 4) is 11.5 Å². The number of benzene rings is 1. The lowest BCUT2D eigenvalue weighted by Gasteiger charge is -2.33. The Balaban J connectivity index is 1.43. The second-order valence-electron chi connectivity index (χ2n) is 10.6. The Morgan fingerprint density at radius 3 is 2.40 bits per heavy atom. The number of ether oxygens (including phenoxy) is 2. The molecule has 0 spiro atoms. The lowest BCUT2D eigenvalue weighted by Crippen LogP contribution is -2.42. The number of nitrogens with zero attached hydrogens (tertiary/aromatic N) is 5. The van der Waals surface area contributed by atoms with Crippen LogP contribution >= 0.6 is 0 Å². The number of amides is 2. The molecule has 220 valence electrons. The van der Waals surface area contributed by atoms with E-state index < -0.39 is 0 Å². The van der Waals surface area contributed by atoms with Crippen LogP contribution in [0.15, 0.2) is 12.1 Å². The van der Waals surface area contributed by atoms with Gasteiger partial charge in [0, 0.05) is 63.1 Å². The summed E-state index contributed by atoms with van der Waals surface area (Å²) in [5.41, 5.74) is 2.44. The minimum Gasteiger partial charge on any atom is -0.493 e. The molecule has 1 aromatic heterocycles. The van der Waals surface area contributed by atoms with Crippen LogP contribution in [0, 0.1) is 0 Å². The van der Waals surface area contributed by atoms with Crippen LogP contribution in [0.3, 0.4) is 0 Å². The molecule has 0 aliphatic carbocycles. The van der Waals surface area contributed by atoms with Gasteiger partial charge >= 0.3 is 0 Å². The smallest absolute Gasteiger partial charge is 0.243 e. The van der Waals surface area contributed by atoms with E-state index in [4.69, 9.17) is 24.6 Å². The van der Waals surface area contributed by atoms with Gasteiger partial charge in [-0.3, -0.25) is 14.8 Å². The fourth-order valence-corrected chi connectivity index (χ4v) is 5.36. The topological polar surface area (TPSA) is 132 Å². The summed E-state index contributed by atoms with van der Waals surface area (Å²) in [5.74, 6) is 2.51. The van der Waals surface area contributed by atoms with Crippen LogP contribution in [0.2, 0.25) is 0 Å². The third kappa shape index (κ3) is 7.63. The lowest BCUT2D eigenvalue weighted by molar-refractivity contribution is -0.132. The van der Waals surface area contributed by atoms with Crippen LogP contribution < -0.4 is 25.2 Å². The minimum atomic E-state index is -0.388. The number of aromatic nitrogens is 2. The van der Waals surface area contributed by atoms with Gasteiger partial charge < -0.3 is 29.5 Å². The van der Waals surface area contributed by atoms with E-state index in [0.29, 0.717) is 43.4 Å². The highest BCUT2D eigenvalue weighted by atomic mass is 16.5. The predicted octanol–water partition coefficient (Wildman–Crippen LogP) is 2.65. The Hall–Kier alpha value is -3.38. The first kappa shape index (κ1) is 29.6. The zero-order chi connectivity index (χ0) is 28.5. The normalized spacial score (nSPS) is 17.0. The molecule has 0 saturated carbocycles. The molecule has 2 saturated heterocycles. The molecular formula is C28H43N7O5. The maximum absolute atomic E-state index is 12.7. The number of carbonyl (C=O) groups excluding carboxylic acids is 2.